The number of amides is 2. The number of benzene rings is 1. The Morgan fingerprint density at radius 1 is 1.28 bits per heavy atom. The summed E-state index contributed by atoms with van der Waals surface area (Å²) < 4.78 is 0. The van der Waals surface area contributed by atoms with Gasteiger partial charge >= 0.3 is 6.03 Å². The van der Waals surface area contributed by atoms with E-state index in [9.17, 15) is 4.79 Å². The Morgan fingerprint density at radius 2 is 2.09 bits per heavy atom. The number of hydrogen-bond donors (Lipinski definition) is 5. The minimum Gasteiger partial charge on any atom is -0.398 e. The number of anilines is 3. The van der Waals surface area contributed by atoms with Crippen LogP contribution in [0.5, 0.6) is 0 Å². The van der Waals surface area contributed by atoms with E-state index in [-0.39, 0.29) is 11.6 Å². The molecule has 0 unspecified atom stereocenters. The van der Waals surface area contributed by atoms with Crippen LogP contribution in [0.15, 0.2) is 42.6 Å². The van der Waals surface area contributed by atoms with Gasteiger partial charge in [-0.05, 0) is 63.1 Å². The molecule has 166 valence electrons. The maximum Gasteiger partial charge on any atom is 0.318 e. The van der Waals surface area contributed by atoms with Crippen molar-refractivity contribution >= 4 is 45.9 Å². The molecule has 0 atom stereocenters. The smallest absolute Gasteiger partial charge is 0.318 e. The number of rotatable bonds is 4. The van der Waals surface area contributed by atoms with Gasteiger partial charge in [-0.1, -0.05) is 6.08 Å². The van der Waals surface area contributed by atoms with Crippen molar-refractivity contribution in [2.45, 2.75) is 32.7 Å². The lowest BCUT2D eigenvalue weighted by atomic mass is 10.0. The first-order chi connectivity index (χ1) is 15.2. The second-order valence-corrected chi connectivity index (χ2v) is 9.02. The summed E-state index contributed by atoms with van der Waals surface area (Å²) in [7, 11) is 0. The van der Waals surface area contributed by atoms with Crippen LogP contribution in [0.1, 0.15) is 38.4 Å². The van der Waals surface area contributed by atoms with E-state index in [4.69, 9.17) is 11.1 Å². The maximum atomic E-state index is 12.4. The summed E-state index contributed by atoms with van der Waals surface area (Å²) in [5.41, 5.74) is 11.6. The summed E-state index contributed by atoms with van der Waals surface area (Å²) in [6, 6.07) is 9.51. The van der Waals surface area contributed by atoms with Crippen LogP contribution in [0.4, 0.5) is 21.9 Å². The van der Waals surface area contributed by atoms with E-state index in [1.165, 1.54) is 11.8 Å². The van der Waals surface area contributed by atoms with Gasteiger partial charge < -0.3 is 31.7 Å². The molecule has 1 aliphatic rings. The highest BCUT2D eigenvalue weighted by Gasteiger charge is 2.22. The Balaban J connectivity index is 1.55. The second kappa shape index (κ2) is 8.37. The number of nitrogens with one attached hydrogen (secondary N) is 4. The van der Waals surface area contributed by atoms with Crippen molar-refractivity contribution in [2.75, 3.05) is 24.1 Å². The third kappa shape index (κ3) is 4.59. The number of carbonyl (C=O) groups excluding carboxylic acids is 1. The SMILES string of the molecule is CC(C)(C)NC(=O)N1CC=C(c2cc3c(Nc4ccc(N)c(C=N)c4)ccnc3[nH]2)CC1. The van der Waals surface area contributed by atoms with E-state index in [0.717, 1.165) is 34.5 Å². The summed E-state index contributed by atoms with van der Waals surface area (Å²) in [5, 5.41) is 14.9. The Morgan fingerprint density at radius 3 is 2.78 bits per heavy atom. The van der Waals surface area contributed by atoms with Gasteiger partial charge in [-0.3, -0.25) is 0 Å². The average molecular weight is 432 g/mol. The van der Waals surface area contributed by atoms with E-state index < -0.39 is 0 Å². The zero-order chi connectivity index (χ0) is 22.9. The van der Waals surface area contributed by atoms with Gasteiger partial charge in [0.25, 0.3) is 0 Å². The van der Waals surface area contributed by atoms with E-state index in [2.05, 4.69) is 32.7 Å². The molecule has 8 nitrogen and oxygen atoms in total. The molecule has 3 aromatic rings. The number of aromatic nitrogens is 2. The molecule has 0 saturated carbocycles. The van der Waals surface area contributed by atoms with Crippen LogP contribution >= 0.6 is 0 Å². The van der Waals surface area contributed by atoms with Crippen LogP contribution in [-0.2, 0) is 0 Å². The van der Waals surface area contributed by atoms with Gasteiger partial charge in [-0.25, -0.2) is 9.78 Å². The lowest BCUT2D eigenvalue weighted by Crippen LogP contribution is -2.49. The normalized spacial score (nSPS) is 14.2. The first-order valence-corrected chi connectivity index (χ1v) is 10.6. The number of nitrogen functional groups attached to an aromatic ring is 1. The van der Waals surface area contributed by atoms with Crippen molar-refractivity contribution < 1.29 is 4.79 Å². The van der Waals surface area contributed by atoms with Crippen molar-refractivity contribution in [3.8, 4) is 0 Å². The zero-order valence-electron chi connectivity index (χ0n) is 18.6. The number of nitrogens with two attached hydrogens (primary N) is 1. The van der Waals surface area contributed by atoms with Crippen molar-refractivity contribution in [3.05, 3.63) is 53.9 Å². The number of urea groups is 1. The van der Waals surface area contributed by atoms with Crippen LogP contribution < -0.4 is 16.4 Å². The molecule has 0 saturated heterocycles. The number of pyridine rings is 1. The minimum atomic E-state index is -0.253. The van der Waals surface area contributed by atoms with Crippen molar-refractivity contribution in [1.29, 1.82) is 5.41 Å². The molecular formula is C24H29N7O. The number of fused-ring (bicyclic) bond motifs is 1. The molecule has 1 aromatic carbocycles. The highest BCUT2D eigenvalue weighted by Crippen LogP contribution is 2.31. The Hall–Kier alpha value is -3.81. The Labute approximate surface area is 187 Å². The van der Waals surface area contributed by atoms with Gasteiger partial charge in [0.1, 0.15) is 5.65 Å². The summed E-state index contributed by atoms with van der Waals surface area (Å²) >= 11 is 0. The van der Waals surface area contributed by atoms with E-state index in [1.54, 1.807) is 12.3 Å². The summed E-state index contributed by atoms with van der Waals surface area (Å²) in [6.45, 7) is 7.18. The molecule has 0 spiro atoms. The number of nitrogens with zero attached hydrogens (tertiary/aromatic N) is 2. The standard InChI is InChI=1S/C24H29N7O/c1-24(2,3)30-23(32)31-10-7-15(8-11-31)21-13-18-20(6-9-27-22(18)29-21)28-17-4-5-19(26)16(12-17)14-25/h4-7,9,12-14,25H,8,10-11,26H2,1-3H3,(H,30,32)(H2,27,28,29). The summed E-state index contributed by atoms with van der Waals surface area (Å²) in [6.07, 6.45) is 5.87. The summed E-state index contributed by atoms with van der Waals surface area (Å²) in [5.74, 6) is 0. The third-order valence-corrected chi connectivity index (χ3v) is 5.38. The lowest BCUT2D eigenvalue weighted by molar-refractivity contribution is 0.193. The van der Waals surface area contributed by atoms with E-state index in [0.29, 0.717) is 24.3 Å². The topological polar surface area (TPSA) is 123 Å². The van der Waals surface area contributed by atoms with Gasteiger partial charge in [0.15, 0.2) is 0 Å². The highest BCUT2D eigenvalue weighted by molar-refractivity contribution is 5.95. The van der Waals surface area contributed by atoms with Gasteiger partial charge in [-0.15, -0.1) is 0 Å². The quantitative estimate of drug-likeness (QED) is 0.309. The predicted molar refractivity (Wildman–Crippen MR) is 131 cm³/mol. The van der Waals surface area contributed by atoms with Crippen LogP contribution in [-0.4, -0.2) is 45.7 Å². The molecule has 8 heteroatoms. The number of hydrogen-bond acceptors (Lipinski definition) is 5. The monoisotopic (exact) mass is 431 g/mol. The second-order valence-electron chi connectivity index (χ2n) is 9.02. The molecule has 32 heavy (non-hydrogen) atoms. The molecule has 0 aliphatic carbocycles. The third-order valence-electron chi connectivity index (χ3n) is 5.38. The van der Waals surface area contributed by atoms with E-state index in [1.807, 2.05) is 43.9 Å². The molecule has 0 radical (unpaired) electrons. The molecule has 0 bridgehead atoms. The fraction of sp³-hybridized carbons (Fsp3) is 0.292. The lowest BCUT2D eigenvalue weighted by Gasteiger charge is -2.30. The van der Waals surface area contributed by atoms with Gasteiger partial charge in [0.2, 0.25) is 0 Å². The van der Waals surface area contributed by atoms with Gasteiger partial charge in [-0.2, -0.15) is 0 Å². The summed E-state index contributed by atoms with van der Waals surface area (Å²) in [4.78, 5) is 22.1. The van der Waals surface area contributed by atoms with Gasteiger partial charge in [0.05, 0.1) is 5.69 Å². The maximum absolute atomic E-state index is 12.4. The van der Waals surface area contributed by atoms with Crippen molar-refractivity contribution in [1.82, 2.24) is 20.2 Å². The zero-order valence-corrected chi connectivity index (χ0v) is 18.6. The molecule has 3 heterocycles. The minimum absolute atomic E-state index is 0.0367. The molecule has 0 fully saturated rings. The fourth-order valence-corrected chi connectivity index (χ4v) is 3.74. The van der Waals surface area contributed by atoms with Crippen LogP contribution in [0.2, 0.25) is 0 Å². The van der Waals surface area contributed by atoms with Crippen molar-refractivity contribution in [3.63, 3.8) is 0 Å². The van der Waals surface area contributed by atoms with Crippen molar-refractivity contribution in [2.24, 2.45) is 0 Å². The largest absolute Gasteiger partial charge is 0.398 e. The van der Waals surface area contributed by atoms with Crippen LogP contribution in [0.25, 0.3) is 16.6 Å². The average Bonchev–Trinajstić information content (AvgIpc) is 3.19. The molecule has 2 aromatic heterocycles. The number of aromatic amines is 1. The Bertz CT molecular complexity index is 1200. The molecule has 2 amide bonds. The predicted octanol–water partition coefficient (Wildman–Crippen LogP) is 4.48. The van der Waals surface area contributed by atoms with Crippen LogP contribution in [0, 0.1) is 5.41 Å². The molecular weight excluding hydrogens is 402 g/mol. The van der Waals surface area contributed by atoms with Gasteiger partial charge in [0, 0.05) is 59.1 Å². The molecule has 6 N–H and O–H groups in total. The van der Waals surface area contributed by atoms with E-state index >= 15 is 0 Å². The first kappa shape index (κ1) is 21.4. The molecule has 1 aliphatic heterocycles. The molecule has 4 rings (SSSR count). The fourth-order valence-electron chi connectivity index (χ4n) is 3.74. The van der Waals surface area contributed by atoms with Crippen LogP contribution in [0.3, 0.4) is 0 Å². The first-order valence-electron chi connectivity index (χ1n) is 10.6. The Kier molecular flexibility index (Phi) is 5.61. The number of carbonyl (C=O) groups is 1. The number of H-pyrrole nitrogens is 1. The highest BCUT2D eigenvalue weighted by atomic mass is 16.2.